The van der Waals surface area contributed by atoms with Crippen molar-refractivity contribution < 1.29 is 14.3 Å². The predicted octanol–water partition coefficient (Wildman–Crippen LogP) is 4.39. The van der Waals surface area contributed by atoms with Crippen molar-refractivity contribution in [2.24, 2.45) is 5.92 Å². The fraction of sp³-hybridized carbons (Fsp3) is 0.520. The number of amides is 3. The van der Waals surface area contributed by atoms with E-state index >= 15 is 0 Å². The van der Waals surface area contributed by atoms with Gasteiger partial charge < -0.3 is 19.9 Å². The van der Waals surface area contributed by atoms with E-state index in [0.717, 1.165) is 30.6 Å². The summed E-state index contributed by atoms with van der Waals surface area (Å²) in [6.07, 6.45) is 3.11. The number of para-hydroxylation sites is 1. The maximum absolute atomic E-state index is 13.5. The van der Waals surface area contributed by atoms with Gasteiger partial charge in [0.2, 0.25) is 5.91 Å². The van der Waals surface area contributed by atoms with Gasteiger partial charge in [-0.1, -0.05) is 18.2 Å². The van der Waals surface area contributed by atoms with Crippen molar-refractivity contribution in [2.75, 3.05) is 26.2 Å². The summed E-state index contributed by atoms with van der Waals surface area (Å²) in [6.45, 7) is 7.71. The number of nitrogens with one attached hydrogen (secondary N) is 1. The summed E-state index contributed by atoms with van der Waals surface area (Å²) in [7, 11) is 0. The molecule has 2 aliphatic rings. The average Bonchev–Trinajstić information content (AvgIpc) is 3.44. The van der Waals surface area contributed by atoms with Crippen molar-refractivity contribution in [3.8, 4) is 5.75 Å². The second kappa shape index (κ2) is 9.94. The van der Waals surface area contributed by atoms with Gasteiger partial charge in [-0.25, -0.2) is 4.79 Å². The molecule has 4 rings (SSSR count). The van der Waals surface area contributed by atoms with Crippen molar-refractivity contribution in [1.82, 2.24) is 15.1 Å². The van der Waals surface area contributed by atoms with Crippen LogP contribution in [0, 0.1) is 12.8 Å². The Morgan fingerprint density at radius 1 is 1.25 bits per heavy atom. The number of carbonyl (C=O) groups is 2. The molecule has 172 valence electrons. The molecule has 0 spiro atoms. The van der Waals surface area contributed by atoms with E-state index in [1.54, 1.807) is 16.2 Å². The van der Waals surface area contributed by atoms with E-state index in [2.05, 4.69) is 16.8 Å². The van der Waals surface area contributed by atoms with Gasteiger partial charge in [-0.05, 0) is 74.6 Å². The van der Waals surface area contributed by atoms with E-state index in [1.807, 2.05) is 49.9 Å². The summed E-state index contributed by atoms with van der Waals surface area (Å²) in [6, 6.07) is 9.80. The molecule has 1 N–H and O–H groups in total. The fourth-order valence-corrected chi connectivity index (χ4v) is 5.11. The largest absolute Gasteiger partial charge is 0.491 e. The molecule has 1 saturated carbocycles. The first-order valence-electron chi connectivity index (χ1n) is 11.5. The Balaban J connectivity index is 1.49. The van der Waals surface area contributed by atoms with Crippen LogP contribution in [0.25, 0.3) is 0 Å². The SMILES string of the molecule is Cc1ccccc1OC[C@H]1c2ccsc2CCN1C(=O)CN(CC1CC1)C(=O)NC(C)C. The van der Waals surface area contributed by atoms with Gasteiger partial charge in [-0.15, -0.1) is 11.3 Å². The second-order valence-electron chi connectivity index (χ2n) is 9.16. The molecule has 1 atom stereocenters. The van der Waals surface area contributed by atoms with E-state index < -0.39 is 0 Å². The third-order valence-electron chi connectivity index (χ3n) is 6.11. The second-order valence-corrected chi connectivity index (χ2v) is 10.2. The highest BCUT2D eigenvalue weighted by Crippen LogP contribution is 2.35. The van der Waals surface area contributed by atoms with E-state index in [4.69, 9.17) is 4.74 Å². The molecule has 32 heavy (non-hydrogen) atoms. The molecule has 2 aromatic rings. The monoisotopic (exact) mass is 455 g/mol. The predicted molar refractivity (Wildman–Crippen MR) is 127 cm³/mol. The molecule has 1 aliphatic carbocycles. The Kier molecular flexibility index (Phi) is 7.04. The van der Waals surface area contributed by atoms with Crippen molar-refractivity contribution in [3.63, 3.8) is 0 Å². The minimum absolute atomic E-state index is 0.0141. The third kappa shape index (κ3) is 5.44. The molecule has 7 heteroatoms. The molecule has 0 saturated heterocycles. The van der Waals surface area contributed by atoms with Crippen LogP contribution in [0.5, 0.6) is 5.75 Å². The van der Waals surface area contributed by atoms with Crippen LogP contribution in [0.15, 0.2) is 35.7 Å². The van der Waals surface area contributed by atoms with Gasteiger partial charge in [-0.3, -0.25) is 4.79 Å². The minimum atomic E-state index is -0.152. The highest BCUT2D eigenvalue weighted by Gasteiger charge is 2.35. The first-order valence-corrected chi connectivity index (χ1v) is 12.4. The number of ether oxygens (including phenoxy) is 1. The third-order valence-corrected chi connectivity index (χ3v) is 7.10. The summed E-state index contributed by atoms with van der Waals surface area (Å²) in [4.78, 5) is 31.1. The molecule has 6 nitrogen and oxygen atoms in total. The maximum atomic E-state index is 13.5. The number of fused-ring (bicyclic) bond motifs is 1. The van der Waals surface area contributed by atoms with E-state index in [9.17, 15) is 9.59 Å². The Morgan fingerprint density at radius 2 is 2.03 bits per heavy atom. The minimum Gasteiger partial charge on any atom is -0.491 e. The van der Waals surface area contributed by atoms with Crippen molar-refractivity contribution in [3.05, 3.63) is 51.7 Å². The Hall–Kier alpha value is -2.54. The van der Waals surface area contributed by atoms with Crippen LogP contribution in [0.1, 0.15) is 48.7 Å². The average molecular weight is 456 g/mol. The van der Waals surface area contributed by atoms with Gasteiger partial charge in [0.1, 0.15) is 18.9 Å². The number of carbonyl (C=O) groups excluding carboxylic acids is 2. The lowest BCUT2D eigenvalue weighted by Crippen LogP contribution is -2.51. The Labute approximate surface area is 194 Å². The number of aryl methyl sites for hydroxylation is 1. The molecule has 0 radical (unpaired) electrons. The van der Waals surface area contributed by atoms with Gasteiger partial charge in [0.05, 0.1) is 6.04 Å². The van der Waals surface area contributed by atoms with Gasteiger partial charge in [0.25, 0.3) is 0 Å². The Bertz CT molecular complexity index is 953. The van der Waals surface area contributed by atoms with Crippen LogP contribution in [0.4, 0.5) is 4.79 Å². The van der Waals surface area contributed by atoms with Crippen molar-refractivity contribution >= 4 is 23.3 Å². The van der Waals surface area contributed by atoms with Crippen LogP contribution in [-0.4, -0.2) is 54.0 Å². The molecule has 0 unspecified atom stereocenters. The summed E-state index contributed by atoms with van der Waals surface area (Å²) in [5, 5.41) is 5.05. The topological polar surface area (TPSA) is 61.9 Å². The summed E-state index contributed by atoms with van der Waals surface area (Å²) in [5.41, 5.74) is 2.25. The van der Waals surface area contributed by atoms with Gasteiger partial charge >= 0.3 is 6.03 Å². The van der Waals surface area contributed by atoms with E-state index in [0.29, 0.717) is 25.6 Å². The summed E-state index contributed by atoms with van der Waals surface area (Å²) < 4.78 is 6.18. The lowest BCUT2D eigenvalue weighted by Gasteiger charge is -2.37. The Morgan fingerprint density at radius 3 is 2.75 bits per heavy atom. The molecule has 0 bridgehead atoms. The number of benzene rings is 1. The normalized spacial score (nSPS) is 17.8. The smallest absolute Gasteiger partial charge is 0.318 e. The van der Waals surface area contributed by atoms with Crippen LogP contribution in [-0.2, 0) is 11.2 Å². The number of urea groups is 1. The van der Waals surface area contributed by atoms with Gasteiger partial charge in [0.15, 0.2) is 0 Å². The highest BCUT2D eigenvalue weighted by molar-refractivity contribution is 7.10. The number of hydrogen-bond donors (Lipinski definition) is 1. The number of nitrogens with zero attached hydrogens (tertiary/aromatic N) is 2. The quantitative estimate of drug-likeness (QED) is 0.642. The van der Waals surface area contributed by atoms with Crippen LogP contribution in [0.2, 0.25) is 0 Å². The molecule has 1 aromatic carbocycles. The number of rotatable bonds is 8. The van der Waals surface area contributed by atoms with Crippen LogP contribution >= 0.6 is 11.3 Å². The number of thiophene rings is 1. The van der Waals surface area contributed by atoms with Gasteiger partial charge in [0, 0.05) is 24.0 Å². The number of hydrogen-bond acceptors (Lipinski definition) is 4. The first kappa shape index (κ1) is 22.6. The molecule has 1 fully saturated rings. The molecular formula is C25H33N3O3S. The lowest BCUT2D eigenvalue weighted by molar-refractivity contribution is -0.135. The first-order chi connectivity index (χ1) is 15.4. The summed E-state index contributed by atoms with van der Waals surface area (Å²) >= 11 is 1.74. The molecule has 1 aliphatic heterocycles. The van der Waals surface area contributed by atoms with Crippen LogP contribution < -0.4 is 10.1 Å². The van der Waals surface area contributed by atoms with Crippen molar-refractivity contribution in [2.45, 2.75) is 52.1 Å². The van der Waals surface area contributed by atoms with Crippen molar-refractivity contribution in [1.29, 1.82) is 0 Å². The molecular weight excluding hydrogens is 422 g/mol. The molecule has 3 amide bonds. The maximum Gasteiger partial charge on any atom is 0.318 e. The zero-order valence-electron chi connectivity index (χ0n) is 19.2. The zero-order valence-corrected chi connectivity index (χ0v) is 20.0. The summed E-state index contributed by atoms with van der Waals surface area (Å²) in [5.74, 6) is 1.35. The molecule has 1 aromatic heterocycles. The standard InChI is InChI=1S/C25H33N3O3S/c1-17(2)26-25(30)27(14-19-8-9-19)15-24(29)28-12-10-23-20(11-13-32-23)21(28)16-31-22-7-5-4-6-18(22)3/h4-7,11,13,17,19,21H,8-10,12,14-16H2,1-3H3,(H,26,30)/t21-/m0/s1. The molecule has 2 heterocycles. The van der Waals surface area contributed by atoms with E-state index in [1.165, 1.54) is 10.4 Å². The van der Waals surface area contributed by atoms with Gasteiger partial charge in [-0.2, -0.15) is 0 Å². The zero-order chi connectivity index (χ0) is 22.7. The lowest BCUT2D eigenvalue weighted by atomic mass is 10.0. The van der Waals surface area contributed by atoms with E-state index in [-0.39, 0.29) is 30.6 Å². The fourth-order valence-electron chi connectivity index (χ4n) is 4.19. The highest BCUT2D eigenvalue weighted by atomic mass is 32.1. The van der Waals surface area contributed by atoms with Crippen LogP contribution in [0.3, 0.4) is 0 Å².